The van der Waals surface area contributed by atoms with Crippen molar-refractivity contribution in [1.29, 1.82) is 0 Å². The van der Waals surface area contributed by atoms with Gasteiger partial charge < -0.3 is 10.0 Å². The molecule has 0 spiro atoms. The topological polar surface area (TPSA) is 57.6 Å². The Balaban J connectivity index is 1.85. The Morgan fingerprint density at radius 2 is 1.52 bits per heavy atom. The summed E-state index contributed by atoms with van der Waals surface area (Å²) in [7, 11) is 0. The smallest absolute Gasteiger partial charge is 0.303 e. The van der Waals surface area contributed by atoms with Gasteiger partial charge in [0.25, 0.3) is 0 Å². The molecule has 1 aliphatic rings. The van der Waals surface area contributed by atoms with Gasteiger partial charge in [0, 0.05) is 12.8 Å². The molecule has 4 heteroatoms. The number of unbranched alkanes of at least 4 members (excludes halogenated alkanes) is 1. The number of carboxylic acid groups (broad SMARTS) is 1. The Bertz CT molecular complexity index is 810. The largest absolute Gasteiger partial charge is 0.481 e. The van der Waals surface area contributed by atoms with Gasteiger partial charge in [-0.25, -0.2) is 0 Å². The van der Waals surface area contributed by atoms with E-state index in [2.05, 4.69) is 12.1 Å². The van der Waals surface area contributed by atoms with Crippen LogP contribution < -0.4 is 4.90 Å². The summed E-state index contributed by atoms with van der Waals surface area (Å²) in [5, 5.41) is 8.73. The SMILES string of the molecule is O=C(O)CCCCC(=O)N1Cc2ccccc2/C=C\c2ccccc21. The molecule has 0 unspecified atom stereocenters. The highest BCUT2D eigenvalue weighted by Gasteiger charge is 2.20. The van der Waals surface area contributed by atoms with E-state index in [1.165, 1.54) is 0 Å². The molecule has 1 aliphatic heterocycles. The minimum atomic E-state index is -0.817. The summed E-state index contributed by atoms with van der Waals surface area (Å²) in [5.74, 6) is -0.786. The van der Waals surface area contributed by atoms with Gasteiger partial charge in [0.2, 0.25) is 5.91 Å². The number of carboxylic acids is 1. The molecule has 0 saturated heterocycles. The zero-order valence-corrected chi connectivity index (χ0v) is 14.0. The van der Waals surface area contributed by atoms with Crippen LogP contribution in [0.4, 0.5) is 5.69 Å². The lowest BCUT2D eigenvalue weighted by molar-refractivity contribution is -0.137. The number of carbonyl (C=O) groups excluding carboxylic acids is 1. The number of amides is 1. The van der Waals surface area contributed by atoms with Gasteiger partial charge in [0.1, 0.15) is 0 Å². The van der Waals surface area contributed by atoms with E-state index in [4.69, 9.17) is 5.11 Å². The van der Waals surface area contributed by atoms with Crippen molar-refractivity contribution < 1.29 is 14.7 Å². The molecule has 0 radical (unpaired) electrons. The predicted octanol–water partition coefficient (Wildman–Crippen LogP) is 4.35. The first-order valence-electron chi connectivity index (χ1n) is 8.52. The lowest BCUT2D eigenvalue weighted by Crippen LogP contribution is -2.31. The summed E-state index contributed by atoms with van der Waals surface area (Å²) in [5.41, 5.74) is 4.13. The highest BCUT2D eigenvalue weighted by atomic mass is 16.4. The van der Waals surface area contributed by atoms with E-state index in [0.717, 1.165) is 22.4 Å². The van der Waals surface area contributed by atoms with Gasteiger partial charge in [0.15, 0.2) is 0 Å². The molecule has 1 heterocycles. The van der Waals surface area contributed by atoms with Gasteiger partial charge in [-0.3, -0.25) is 9.59 Å². The maximum Gasteiger partial charge on any atom is 0.303 e. The van der Waals surface area contributed by atoms with Gasteiger partial charge in [-0.1, -0.05) is 54.6 Å². The van der Waals surface area contributed by atoms with E-state index in [1.807, 2.05) is 53.4 Å². The van der Waals surface area contributed by atoms with Crippen molar-refractivity contribution in [2.75, 3.05) is 4.90 Å². The Morgan fingerprint density at radius 3 is 2.32 bits per heavy atom. The first-order valence-corrected chi connectivity index (χ1v) is 8.52. The number of carbonyl (C=O) groups is 2. The molecule has 128 valence electrons. The molecule has 0 saturated carbocycles. The van der Waals surface area contributed by atoms with Crippen LogP contribution in [-0.4, -0.2) is 17.0 Å². The summed E-state index contributed by atoms with van der Waals surface area (Å²) in [6.45, 7) is 0.523. The second-order valence-corrected chi connectivity index (χ2v) is 6.17. The second-order valence-electron chi connectivity index (χ2n) is 6.17. The first-order chi connectivity index (χ1) is 12.1. The first kappa shape index (κ1) is 17.0. The second kappa shape index (κ2) is 7.79. The summed E-state index contributed by atoms with van der Waals surface area (Å²) in [6.07, 6.45) is 5.69. The summed E-state index contributed by atoms with van der Waals surface area (Å²) >= 11 is 0. The molecule has 3 rings (SSSR count). The Labute approximate surface area is 147 Å². The van der Waals surface area contributed by atoms with Crippen LogP contribution in [0.5, 0.6) is 0 Å². The fourth-order valence-corrected chi connectivity index (χ4v) is 3.06. The van der Waals surface area contributed by atoms with E-state index < -0.39 is 5.97 Å². The van der Waals surface area contributed by atoms with Gasteiger partial charge in [-0.2, -0.15) is 0 Å². The lowest BCUT2D eigenvalue weighted by Gasteiger charge is -2.27. The minimum absolute atomic E-state index is 0.0305. The standard InChI is InChI=1S/C21H21NO3/c23-20(11-5-6-12-21(24)25)22-15-18-9-2-1-7-16(18)13-14-17-8-3-4-10-19(17)22/h1-4,7-10,13-14H,5-6,11-12,15H2,(H,24,25)/b14-13-. The molecule has 2 aromatic carbocycles. The summed E-state index contributed by atoms with van der Waals surface area (Å²) in [4.78, 5) is 25.3. The molecule has 0 aliphatic carbocycles. The van der Waals surface area contributed by atoms with E-state index in [9.17, 15) is 9.59 Å². The molecule has 2 aromatic rings. The highest BCUT2D eigenvalue weighted by Crippen LogP contribution is 2.29. The quantitative estimate of drug-likeness (QED) is 0.827. The van der Waals surface area contributed by atoms with Crippen molar-refractivity contribution in [1.82, 2.24) is 0 Å². The van der Waals surface area contributed by atoms with E-state index in [1.54, 1.807) is 0 Å². The monoisotopic (exact) mass is 335 g/mol. The number of anilines is 1. The van der Waals surface area contributed by atoms with Crippen LogP contribution >= 0.6 is 0 Å². The zero-order valence-electron chi connectivity index (χ0n) is 14.0. The molecule has 0 atom stereocenters. The van der Waals surface area contributed by atoms with Crippen molar-refractivity contribution in [3.8, 4) is 0 Å². The maximum atomic E-state index is 12.8. The van der Waals surface area contributed by atoms with Crippen molar-refractivity contribution in [3.63, 3.8) is 0 Å². The predicted molar refractivity (Wildman–Crippen MR) is 99.1 cm³/mol. The average Bonchev–Trinajstić information content (AvgIpc) is 2.60. The number of hydrogen-bond acceptors (Lipinski definition) is 2. The van der Waals surface area contributed by atoms with Crippen LogP contribution in [0, 0.1) is 0 Å². The molecule has 0 fully saturated rings. The fourth-order valence-electron chi connectivity index (χ4n) is 3.06. The maximum absolute atomic E-state index is 12.8. The third-order valence-electron chi connectivity index (χ3n) is 4.39. The normalized spacial score (nSPS) is 14.0. The number of rotatable bonds is 5. The van der Waals surface area contributed by atoms with Crippen LogP contribution in [0.1, 0.15) is 42.4 Å². The van der Waals surface area contributed by atoms with Crippen LogP contribution in [0.25, 0.3) is 12.2 Å². The van der Waals surface area contributed by atoms with Crippen molar-refractivity contribution >= 4 is 29.7 Å². The van der Waals surface area contributed by atoms with E-state index >= 15 is 0 Å². The third kappa shape index (κ3) is 4.15. The van der Waals surface area contributed by atoms with Crippen molar-refractivity contribution in [2.24, 2.45) is 0 Å². The van der Waals surface area contributed by atoms with Gasteiger partial charge >= 0.3 is 5.97 Å². The Morgan fingerprint density at radius 1 is 0.880 bits per heavy atom. The molecule has 0 aromatic heterocycles. The number of nitrogens with zero attached hydrogens (tertiary/aromatic N) is 1. The van der Waals surface area contributed by atoms with E-state index in [0.29, 0.717) is 25.8 Å². The highest BCUT2D eigenvalue weighted by molar-refractivity contribution is 5.97. The molecule has 1 N–H and O–H groups in total. The van der Waals surface area contributed by atoms with Crippen LogP contribution in [0.3, 0.4) is 0 Å². The molecular formula is C21H21NO3. The Kier molecular flexibility index (Phi) is 5.29. The van der Waals surface area contributed by atoms with Gasteiger partial charge in [0.05, 0.1) is 12.2 Å². The number of para-hydroxylation sites is 1. The van der Waals surface area contributed by atoms with Crippen LogP contribution in [-0.2, 0) is 16.1 Å². The number of aliphatic carboxylic acids is 1. The number of benzene rings is 2. The van der Waals surface area contributed by atoms with Gasteiger partial charge in [-0.05, 0) is 35.6 Å². The van der Waals surface area contributed by atoms with E-state index in [-0.39, 0.29) is 12.3 Å². The lowest BCUT2D eigenvalue weighted by atomic mass is 10.0. The van der Waals surface area contributed by atoms with Crippen molar-refractivity contribution in [3.05, 3.63) is 65.2 Å². The fraction of sp³-hybridized carbons (Fsp3) is 0.238. The summed E-state index contributed by atoms with van der Waals surface area (Å²) in [6, 6.07) is 15.9. The molecular weight excluding hydrogens is 314 g/mol. The molecule has 0 bridgehead atoms. The van der Waals surface area contributed by atoms with Crippen LogP contribution in [0.2, 0.25) is 0 Å². The average molecular weight is 335 g/mol. The number of hydrogen-bond donors (Lipinski definition) is 1. The summed E-state index contributed by atoms with van der Waals surface area (Å²) < 4.78 is 0. The number of fused-ring (bicyclic) bond motifs is 2. The van der Waals surface area contributed by atoms with Gasteiger partial charge in [-0.15, -0.1) is 0 Å². The van der Waals surface area contributed by atoms with Crippen LogP contribution in [0.15, 0.2) is 48.5 Å². The zero-order chi connectivity index (χ0) is 17.6. The minimum Gasteiger partial charge on any atom is -0.481 e. The Hall–Kier alpha value is -2.88. The third-order valence-corrected chi connectivity index (χ3v) is 4.39. The molecule has 25 heavy (non-hydrogen) atoms. The molecule has 4 nitrogen and oxygen atoms in total. The molecule has 1 amide bonds. The van der Waals surface area contributed by atoms with Crippen molar-refractivity contribution in [2.45, 2.75) is 32.2 Å².